The molecular formula is C14H12F3N3O. The Bertz CT molecular complexity index is 656. The molecule has 0 fully saturated rings. The van der Waals surface area contributed by atoms with E-state index < -0.39 is 17.6 Å². The van der Waals surface area contributed by atoms with E-state index in [0.29, 0.717) is 5.82 Å². The summed E-state index contributed by atoms with van der Waals surface area (Å²) in [5.41, 5.74) is -0.953. The van der Waals surface area contributed by atoms with E-state index in [4.69, 9.17) is 0 Å². The van der Waals surface area contributed by atoms with Crippen LogP contribution in [-0.2, 0) is 6.18 Å². The molecule has 1 aromatic heterocycles. The topological polar surface area (TPSA) is 54.0 Å². The summed E-state index contributed by atoms with van der Waals surface area (Å²) in [6, 6.07) is 7.69. The molecule has 1 heterocycles. The van der Waals surface area contributed by atoms with Gasteiger partial charge in [-0.05, 0) is 24.3 Å². The van der Waals surface area contributed by atoms with Crippen LogP contribution in [0.15, 0.2) is 42.6 Å². The van der Waals surface area contributed by atoms with Gasteiger partial charge in [0, 0.05) is 18.8 Å². The van der Waals surface area contributed by atoms with Crippen LogP contribution >= 0.6 is 0 Å². The number of rotatable bonds is 3. The van der Waals surface area contributed by atoms with Gasteiger partial charge in [0.1, 0.15) is 5.82 Å². The van der Waals surface area contributed by atoms with Crippen LogP contribution in [0.5, 0.6) is 0 Å². The van der Waals surface area contributed by atoms with Crippen molar-refractivity contribution in [2.24, 2.45) is 0 Å². The molecule has 2 aromatic rings. The molecule has 110 valence electrons. The van der Waals surface area contributed by atoms with Gasteiger partial charge in [-0.15, -0.1) is 0 Å². The number of hydrogen-bond donors (Lipinski definition) is 2. The van der Waals surface area contributed by atoms with Crippen LogP contribution in [0.4, 0.5) is 24.7 Å². The Hall–Kier alpha value is -2.57. The number of pyridine rings is 1. The number of amides is 1. The molecule has 0 bridgehead atoms. The number of nitrogens with one attached hydrogen (secondary N) is 2. The van der Waals surface area contributed by atoms with Crippen LogP contribution in [0.1, 0.15) is 15.9 Å². The lowest BCUT2D eigenvalue weighted by atomic mass is 10.1. The summed E-state index contributed by atoms with van der Waals surface area (Å²) in [5.74, 6) is -0.183. The summed E-state index contributed by atoms with van der Waals surface area (Å²) in [4.78, 5) is 16.0. The summed E-state index contributed by atoms with van der Waals surface area (Å²) >= 11 is 0. The number of aromatic nitrogens is 1. The van der Waals surface area contributed by atoms with Crippen molar-refractivity contribution in [3.63, 3.8) is 0 Å². The highest BCUT2D eigenvalue weighted by Crippen LogP contribution is 2.34. The molecule has 0 spiro atoms. The number of hydrogen-bond acceptors (Lipinski definition) is 3. The van der Waals surface area contributed by atoms with Crippen molar-refractivity contribution >= 4 is 17.4 Å². The standard InChI is InChI=1S/C14H12F3N3O/c1-18-12-8-9(6-7-19-12)13(21)20-11-5-3-2-4-10(11)14(15,16)17/h2-8H,1H3,(H,18,19)(H,20,21). The Labute approximate surface area is 119 Å². The number of halogens is 3. The fraction of sp³-hybridized carbons (Fsp3) is 0.143. The van der Waals surface area contributed by atoms with Gasteiger partial charge in [-0.25, -0.2) is 4.98 Å². The third-order valence-corrected chi connectivity index (χ3v) is 2.76. The molecule has 7 heteroatoms. The van der Waals surface area contributed by atoms with Crippen LogP contribution in [0, 0.1) is 0 Å². The Morgan fingerprint density at radius 1 is 1.19 bits per heavy atom. The molecule has 21 heavy (non-hydrogen) atoms. The second-order valence-corrected chi connectivity index (χ2v) is 4.18. The average molecular weight is 295 g/mol. The number of alkyl halides is 3. The highest BCUT2D eigenvalue weighted by Gasteiger charge is 2.33. The predicted molar refractivity (Wildman–Crippen MR) is 73.2 cm³/mol. The number of anilines is 2. The van der Waals surface area contributed by atoms with Crippen LogP contribution in [0.2, 0.25) is 0 Å². The lowest BCUT2D eigenvalue weighted by molar-refractivity contribution is -0.136. The molecule has 0 aliphatic rings. The number of benzene rings is 1. The zero-order chi connectivity index (χ0) is 15.5. The van der Waals surface area contributed by atoms with Gasteiger partial charge >= 0.3 is 6.18 Å². The molecular weight excluding hydrogens is 283 g/mol. The summed E-state index contributed by atoms with van der Waals surface area (Å²) in [5, 5.41) is 5.02. The maximum absolute atomic E-state index is 12.8. The molecule has 0 saturated carbocycles. The molecule has 0 aliphatic carbocycles. The van der Waals surface area contributed by atoms with E-state index >= 15 is 0 Å². The molecule has 0 radical (unpaired) electrons. The van der Waals surface area contributed by atoms with Gasteiger partial charge in [-0.1, -0.05) is 12.1 Å². The highest BCUT2D eigenvalue weighted by atomic mass is 19.4. The van der Waals surface area contributed by atoms with Crippen LogP contribution in [0.25, 0.3) is 0 Å². The van der Waals surface area contributed by atoms with E-state index in [9.17, 15) is 18.0 Å². The second-order valence-electron chi connectivity index (χ2n) is 4.18. The number of nitrogens with zero attached hydrogens (tertiary/aromatic N) is 1. The van der Waals surface area contributed by atoms with E-state index in [-0.39, 0.29) is 11.3 Å². The van der Waals surface area contributed by atoms with Gasteiger partial charge in [0.2, 0.25) is 0 Å². The number of carbonyl (C=O) groups excluding carboxylic acids is 1. The predicted octanol–water partition coefficient (Wildman–Crippen LogP) is 3.39. The maximum Gasteiger partial charge on any atom is 0.418 e. The molecule has 1 amide bonds. The Morgan fingerprint density at radius 3 is 2.57 bits per heavy atom. The van der Waals surface area contributed by atoms with Crippen molar-refractivity contribution in [1.82, 2.24) is 4.98 Å². The third-order valence-electron chi connectivity index (χ3n) is 2.76. The number of para-hydroxylation sites is 1. The van der Waals surface area contributed by atoms with Gasteiger partial charge in [-0.3, -0.25) is 4.79 Å². The van der Waals surface area contributed by atoms with E-state index in [1.54, 1.807) is 7.05 Å². The first kappa shape index (κ1) is 14.8. The molecule has 0 unspecified atom stereocenters. The van der Waals surface area contributed by atoms with E-state index in [2.05, 4.69) is 15.6 Å². The van der Waals surface area contributed by atoms with Crippen molar-refractivity contribution in [3.05, 3.63) is 53.7 Å². The summed E-state index contributed by atoms with van der Waals surface area (Å²) in [7, 11) is 1.63. The van der Waals surface area contributed by atoms with E-state index in [1.165, 1.54) is 36.5 Å². The molecule has 2 N–H and O–H groups in total. The van der Waals surface area contributed by atoms with Crippen molar-refractivity contribution in [1.29, 1.82) is 0 Å². The average Bonchev–Trinajstić information content (AvgIpc) is 2.46. The van der Waals surface area contributed by atoms with Gasteiger partial charge < -0.3 is 10.6 Å². The van der Waals surface area contributed by atoms with Crippen LogP contribution in [0.3, 0.4) is 0 Å². The summed E-state index contributed by atoms with van der Waals surface area (Å²) < 4.78 is 38.5. The fourth-order valence-electron chi connectivity index (χ4n) is 1.74. The van der Waals surface area contributed by atoms with Crippen LogP contribution < -0.4 is 10.6 Å². The first-order valence-electron chi connectivity index (χ1n) is 6.03. The largest absolute Gasteiger partial charge is 0.418 e. The monoisotopic (exact) mass is 295 g/mol. The summed E-state index contributed by atoms with van der Waals surface area (Å²) in [6.45, 7) is 0. The zero-order valence-electron chi connectivity index (χ0n) is 11.0. The zero-order valence-corrected chi connectivity index (χ0v) is 11.0. The fourth-order valence-corrected chi connectivity index (χ4v) is 1.74. The van der Waals surface area contributed by atoms with Gasteiger partial charge in [0.15, 0.2) is 0 Å². The minimum absolute atomic E-state index is 0.214. The van der Waals surface area contributed by atoms with Gasteiger partial charge in [-0.2, -0.15) is 13.2 Å². The number of carbonyl (C=O) groups is 1. The molecule has 4 nitrogen and oxygen atoms in total. The molecule has 0 atom stereocenters. The molecule has 0 aliphatic heterocycles. The van der Waals surface area contributed by atoms with Crippen molar-refractivity contribution in [2.45, 2.75) is 6.18 Å². The highest BCUT2D eigenvalue weighted by molar-refractivity contribution is 6.05. The second kappa shape index (κ2) is 5.82. The molecule has 2 rings (SSSR count). The Balaban J connectivity index is 2.28. The Morgan fingerprint density at radius 2 is 1.90 bits per heavy atom. The first-order chi connectivity index (χ1) is 9.91. The van der Waals surface area contributed by atoms with Gasteiger partial charge in [0.05, 0.1) is 11.3 Å². The normalized spacial score (nSPS) is 11.0. The van der Waals surface area contributed by atoms with Crippen molar-refractivity contribution < 1.29 is 18.0 Å². The first-order valence-corrected chi connectivity index (χ1v) is 6.03. The van der Waals surface area contributed by atoms with Crippen molar-refractivity contribution in [2.75, 3.05) is 17.7 Å². The van der Waals surface area contributed by atoms with Gasteiger partial charge in [0.25, 0.3) is 5.91 Å². The quantitative estimate of drug-likeness (QED) is 0.912. The minimum Gasteiger partial charge on any atom is -0.373 e. The Kier molecular flexibility index (Phi) is 4.11. The third kappa shape index (κ3) is 3.50. The van der Waals surface area contributed by atoms with E-state index in [1.807, 2.05) is 0 Å². The van der Waals surface area contributed by atoms with Crippen LogP contribution in [-0.4, -0.2) is 17.9 Å². The lowest BCUT2D eigenvalue weighted by Crippen LogP contribution is -2.16. The smallest absolute Gasteiger partial charge is 0.373 e. The van der Waals surface area contributed by atoms with Crippen molar-refractivity contribution in [3.8, 4) is 0 Å². The maximum atomic E-state index is 12.8. The SMILES string of the molecule is CNc1cc(C(=O)Nc2ccccc2C(F)(F)F)ccn1. The summed E-state index contributed by atoms with van der Waals surface area (Å²) in [6.07, 6.45) is -3.13. The molecule has 1 aromatic carbocycles. The molecule has 0 saturated heterocycles. The van der Waals surface area contributed by atoms with E-state index in [0.717, 1.165) is 6.07 Å². The lowest BCUT2D eigenvalue weighted by Gasteiger charge is -2.13. The minimum atomic E-state index is -4.53.